The van der Waals surface area contributed by atoms with Gasteiger partial charge in [0.15, 0.2) is 5.82 Å². The molecule has 0 atom stereocenters. The monoisotopic (exact) mass is 529 g/mol. The number of morpholine rings is 1. The molecule has 1 N–H and O–H groups in total. The number of nitrogens with zero attached hydrogens (tertiary/aromatic N) is 4. The second-order valence-electron chi connectivity index (χ2n) is 9.36. The third-order valence-corrected chi connectivity index (χ3v) is 6.88. The lowest BCUT2D eigenvalue weighted by molar-refractivity contribution is -0.121. The summed E-state index contributed by atoms with van der Waals surface area (Å²) in [7, 11) is 0. The molecule has 3 aromatic carbocycles. The van der Waals surface area contributed by atoms with E-state index < -0.39 is 0 Å². The lowest BCUT2D eigenvalue weighted by atomic mass is 10.1. The number of aromatic nitrogens is 2. The van der Waals surface area contributed by atoms with Gasteiger partial charge in [-0.25, -0.2) is 9.97 Å². The smallest absolute Gasteiger partial charge is 0.221 e. The van der Waals surface area contributed by atoms with Crippen molar-refractivity contribution in [2.45, 2.75) is 13.0 Å². The number of carbonyl (C=O) groups excluding carboxylic acids is 1. The molecule has 1 aromatic heterocycles. The van der Waals surface area contributed by atoms with Crippen LogP contribution in [-0.4, -0.2) is 66.7 Å². The summed E-state index contributed by atoms with van der Waals surface area (Å²) in [4.78, 5) is 27.2. The van der Waals surface area contributed by atoms with Crippen molar-refractivity contribution in [2.24, 2.45) is 0 Å². The van der Waals surface area contributed by atoms with Crippen molar-refractivity contribution in [1.82, 2.24) is 20.2 Å². The highest BCUT2D eigenvalue weighted by atomic mass is 35.5. The van der Waals surface area contributed by atoms with Crippen LogP contribution in [0.5, 0.6) is 0 Å². The first-order valence-corrected chi connectivity index (χ1v) is 13.4. The van der Waals surface area contributed by atoms with Crippen LogP contribution in [0.1, 0.15) is 12.0 Å². The van der Waals surface area contributed by atoms with Crippen LogP contribution in [-0.2, 0) is 16.1 Å². The zero-order valence-electron chi connectivity index (χ0n) is 21.4. The standard InChI is InChI=1S/C30H32ClN5O2/c31-25-11-12-26-27(21-25)33-29(24-9-5-2-6-10-24)34-30(26)36(22-23-7-3-1-4-8-23)15-13-28(37)32-14-16-35-17-19-38-20-18-35/h1-12,21H,13-20,22H2,(H,32,37). The molecule has 196 valence electrons. The molecule has 8 heteroatoms. The van der Waals surface area contributed by atoms with Gasteiger partial charge in [-0.2, -0.15) is 0 Å². The molecule has 1 fully saturated rings. The molecule has 2 heterocycles. The summed E-state index contributed by atoms with van der Waals surface area (Å²) in [5.41, 5.74) is 2.84. The number of amides is 1. The van der Waals surface area contributed by atoms with Gasteiger partial charge in [-0.15, -0.1) is 0 Å². The Balaban J connectivity index is 1.39. The number of hydrogen-bond acceptors (Lipinski definition) is 6. The fourth-order valence-electron chi connectivity index (χ4n) is 4.61. The predicted octanol–water partition coefficient (Wildman–Crippen LogP) is 4.80. The maximum atomic E-state index is 12.8. The molecular formula is C30H32ClN5O2. The molecule has 0 unspecified atom stereocenters. The number of carbonyl (C=O) groups is 1. The van der Waals surface area contributed by atoms with Gasteiger partial charge in [-0.05, 0) is 23.8 Å². The van der Waals surface area contributed by atoms with Gasteiger partial charge in [0.05, 0.1) is 18.7 Å². The summed E-state index contributed by atoms with van der Waals surface area (Å²) in [6, 6.07) is 25.9. The van der Waals surface area contributed by atoms with Gasteiger partial charge in [0.25, 0.3) is 0 Å². The van der Waals surface area contributed by atoms with Crippen LogP contribution in [0, 0.1) is 0 Å². The minimum atomic E-state index is 0.0287. The fraction of sp³-hybridized carbons (Fsp3) is 0.300. The van der Waals surface area contributed by atoms with Crippen molar-refractivity contribution in [1.29, 1.82) is 0 Å². The first-order chi connectivity index (χ1) is 18.7. The minimum absolute atomic E-state index is 0.0287. The topological polar surface area (TPSA) is 70.6 Å². The fourth-order valence-corrected chi connectivity index (χ4v) is 4.78. The van der Waals surface area contributed by atoms with Gasteiger partial charge in [-0.3, -0.25) is 9.69 Å². The van der Waals surface area contributed by atoms with Gasteiger partial charge in [0, 0.05) is 61.7 Å². The van der Waals surface area contributed by atoms with Crippen molar-refractivity contribution in [2.75, 3.05) is 50.8 Å². The van der Waals surface area contributed by atoms with E-state index in [1.54, 1.807) is 0 Å². The zero-order chi connectivity index (χ0) is 26.2. The normalized spacial score (nSPS) is 13.9. The molecule has 7 nitrogen and oxygen atoms in total. The van der Waals surface area contributed by atoms with Crippen molar-refractivity contribution in [3.8, 4) is 11.4 Å². The van der Waals surface area contributed by atoms with E-state index in [2.05, 4.69) is 27.2 Å². The van der Waals surface area contributed by atoms with Gasteiger partial charge < -0.3 is 15.0 Å². The number of rotatable bonds is 10. The Morgan fingerprint density at radius 3 is 2.47 bits per heavy atom. The highest BCUT2D eigenvalue weighted by Crippen LogP contribution is 2.30. The van der Waals surface area contributed by atoms with E-state index in [1.165, 1.54) is 0 Å². The third kappa shape index (κ3) is 6.86. The van der Waals surface area contributed by atoms with E-state index >= 15 is 0 Å². The molecule has 0 radical (unpaired) electrons. The molecule has 4 aromatic rings. The lowest BCUT2D eigenvalue weighted by Gasteiger charge is -2.27. The van der Waals surface area contributed by atoms with E-state index in [0.717, 1.165) is 60.7 Å². The van der Waals surface area contributed by atoms with E-state index in [-0.39, 0.29) is 5.91 Å². The molecule has 1 aliphatic rings. The minimum Gasteiger partial charge on any atom is -0.379 e. The second kappa shape index (κ2) is 12.8. The number of ether oxygens (including phenoxy) is 1. The molecule has 0 aliphatic carbocycles. The van der Waals surface area contributed by atoms with Crippen molar-refractivity contribution in [3.05, 3.63) is 89.4 Å². The predicted molar refractivity (Wildman–Crippen MR) is 152 cm³/mol. The highest BCUT2D eigenvalue weighted by Gasteiger charge is 2.18. The summed E-state index contributed by atoms with van der Waals surface area (Å²) < 4.78 is 5.40. The molecular weight excluding hydrogens is 498 g/mol. The van der Waals surface area contributed by atoms with Gasteiger partial charge in [0.1, 0.15) is 5.82 Å². The van der Waals surface area contributed by atoms with Gasteiger partial charge in [0.2, 0.25) is 5.91 Å². The Morgan fingerprint density at radius 2 is 1.71 bits per heavy atom. The van der Waals surface area contributed by atoms with Crippen molar-refractivity contribution < 1.29 is 9.53 Å². The third-order valence-electron chi connectivity index (χ3n) is 6.65. The Hall–Kier alpha value is -3.52. The molecule has 1 aliphatic heterocycles. The molecule has 0 saturated carbocycles. The van der Waals surface area contributed by atoms with Crippen LogP contribution in [0.4, 0.5) is 5.82 Å². The zero-order valence-corrected chi connectivity index (χ0v) is 22.1. The number of halogens is 1. The Labute approximate surface area is 228 Å². The van der Waals surface area contributed by atoms with Crippen LogP contribution in [0.15, 0.2) is 78.9 Å². The average Bonchev–Trinajstić information content (AvgIpc) is 2.96. The first kappa shape index (κ1) is 26.1. The summed E-state index contributed by atoms with van der Waals surface area (Å²) >= 11 is 6.35. The number of benzene rings is 3. The molecule has 0 spiro atoms. The summed E-state index contributed by atoms with van der Waals surface area (Å²) in [5.74, 6) is 1.44. The first-order valence-electron chi connectivity index (χ1n) is 13.0. The highest BCUT2D eigenvalue weighted by molar-refractivity contribution is 6.31. The quantitative estimate of drug-likeness (QED) is 0.318. The van der Waals surface area contributed by atoms with Crippen molar-refractivity contribution >= 4 is 34.2 Å². The van der Waals surface area contributed by atoms with E-state index in [4.69, 9.17) is 26.3 Å². The van der Waals surface area contributed by atoms with Crippen LogP contribution in [0.3, 0.4) is 0 Å². The van der Waals surface area contributed by atoms with E-state index in [0.29, 0.717) is 36.9 Å². The van der Waals surface area contributed by atoms with E-state index in [1.807, 2.05) is 66.7 Å². The molecule has 1 amide bonds. The van der Waals surface area contributed by atoms with Crippen LogP contribution in [0.2, 0.25) is 5.02 Å². The largest absolute Gasteiger partial charge is 0.379 e. The summed E-state index contributed by atoms with van der Waals surface area (Å²) in [5, 5.41) is 4.61. The SMILES string of the molecule is O=C(CCN(Cc1ccccc1)c1nc(-c2ccccc2)nc2cc(Cl)ccc12)NCCN1CCOCC1. The molecule has 5 rings (SSSR count). The van der Waals surface area contributed by atoms with Crippen molar-refractivity contribution in [3.63, 3.8) is 0 Å². The van der Waals surface area contributed by atoms with Gasteiger partial charge >= 0.3 is 0 Å². The maximum Gasteiger partial charge on any atom is 0.221 e. The molecule has 38 heavy (non-hydrogen) atoms. The molecule has 1 saturated heterocycles. The van der Waals surface area contributed by atoms with Crippen LogP contribution >= 0.6 is 11.6 Å². The Morgan fingerprint density at radius 1 is 0.974 bits per heavy atom. The second-order valence-corrected chi connectivity index (χ2v) is 9.80. The number of anilines is 1. The lowest BCUT2D eigenvalue weighted by Crippen LogP contribution is -2.41. The average molecular weight is 530 g/mol. The molecule has 0 bridgehead atoms. The number of hydrogen-bond donors (Lipinski definition) is 1. The van der Waals surface area contributed by atoms with E-state index in [9.17, 15) is 4.79 Å². The summed E-state index contributed by atoms with van der Waals surface area (Å²) in [6.07, 6.45) is 0.357. The maximum absolute atomic E-state index is 12.8. The van der Waals surface area contributed by atoms with Crippen LogP contribution in [0.25, 0.3) is 22.3 Å². The Bertz CT molecular complexity index is 1350. The number of fused-ring (bicyclic) bond motifs is 1. The summed E-state index contributed by atoms with van der Waals surface area (Å²) in [6.45, 7) is 5.93. The number of nitrogens with one attached hydrogen (secondary N) is 1. The Kier molecular flexibility index (Phi) is 8.81. The van der Waals surface area contributed by atoms with Gasteiger partial charge in [-0.1, -0.05) is 72.3 Å². The van der Waals surface area contributed by atoms with Crippen LogP contribution < -0.4 is 10.2 Å².